The zero-order valence-electron chi connectivity index (χ0n) is 19.0. The molecule has 2 saturated heterocycles. The number of carbonyl (C=O) groups is 2. The van der Waals surface area contributed by atoms with Crippen LogP contribution in [0, 0.1) is 11.3 Å². The van der Waals surface area contributed by atoms with E-state index >= 15 is 0 Å². The molecule has 3 aliphatic rings. The number of likely N-dealkylation sites (N-methyl/N-ethyl adjacent to an activating group) is 1. The Hall–Kier alpha value is -1.92. The second-order valence-electron chi connectivity index (χ2n) is 9.59. The lowest BCUT2D eigenvalue weighted by Crippen LogP contribution is -2.49. The summed E-state index contributed by atoms with van der Waals surface area (Å²) in [6, 6.07) is 9.50. The molecule has 1 spiro atoms. The molecule has 1 aromatic rings. The zero-order valence-corrected chi connectivity index (χ0v) is 19.0. The Morgan fingerprint density at radius 1 is 1.00 bits per heavy atom. The van der Waals surface area contributed by atoms with Gasteiger partial charge in [-0.3, -0.25) is 14.5 Å². The summed E-state index contributed by atoms with van der Waals surface area (Å²) in [5.41, 5.74) is 0.681. The number of hydrogen-bond acceptors (Lipinski definition) is 4. The van der Waals surface area contributed by atoms with Crippen LogP contribution in [0.4, 0.5) is 0 Å². The van der Waals surface area contributed by atoms with Gasteiger partial charge in [-0.15, -0.1) is 0 Å². The van der Waals surface area contributed by atoms with E-state index in [1.807, 2.05) is 35.2 Å². The van der Waals surface area contributed by atoms with E-state index in [1.54, 1.807) is 0 Å². The number of piperazine rings is 1. The average molecular weight is 427 g/mol. The van der Waals surface area contributed by atoms with Crippen LogP contribution >= 0.6 is 0 Å². The molecule has 2 aliphatic heterocycles. The number of amides is 2. The van der Waals surface area contributed by atoms with Crippen molar-refractivity contribution in [1.82, 2.24) is 20.0 Å². The predicted octanol–water partition coefficient (Wildman–Crippen LogP) is 2.46. The minimum atomic E-state index is -0.0857. The van der Waals surface area contributed by atoms with Gasteiger partial charge in [0.05, 0.1) is 5.92 Å². The van der Waals surface area contributed by atoms with Crippen molar-refractivity contribution in [3.63, 3.8) is 0 Å². The third kappa shape index (κ3) is 5.12. The van der Waals surface area contributed by atoms with Crippen molar-refractivity contribution >= 4 is 11.8 Å². The number of rotatable bonds is 6. The first kappa shape index (κ1) is 22.3. The molecule has 0 bridgehead atoms. The Labute approximate surface area is 187 Å². The van der Waals surface area contributed by atoms with Crippen molar-refractivity contribution in [3.8, 4) is 0 Å². The molecule has 1 N–H and O–H groups in total. The molecule has 1 unspecified atom stereocenters. The highest BCUT2D eigenvalue weighted by molar-refractivity contribution is 5.95. The van der Waals surface area contributed by atoms with Gasteiger partial charge in [-0.25, -0.2) is 0 Å². The SMILES string of the molecule is CCN1CCN(CCNC(=O)C2CN(C(=O)c3ccccc3)CC23CCCCC3)CC1. The Morgan fingerprint density at radius 2 is 1.68 bits per heavy atom. The van der Waals surface area contributed by atoms with Crippen molar-refractivity contribution in [2.45, 2.75) is 39.0 Å². The van der Waals surface area contributed by atoms with Crippen molar-refractivity contribution in [3.05, 3.63) is 35.9 Å². The number of nitrogens with one attached hydrogen (secondary N) is 1. The van der Waals surface area contributed by atoms with Crippen LogP contribution in [-0.2, 0) is 4.79 Å². The standard InChI is InChI=1S/C25H38N4O2/c1-2-27-15-17-28(18-16-27)14-13-26-23(30)22-19-29(20-25(22)11-7-4-8-12-25)24(31)21-9-5-3-6-10-21/h3,5-6,9-10,22H,2,4,7-8,11-20H2,1H3,(H,26,30). The monoisotopic (exact) mass is 426 g/mol. The number of nitrogens with zero attached hydrogens (tertiary/aromatic N) is 3. The van der Waals surface area contributed by atoms with Crippen LogP contribution in [0.5, 0.6) is 0 Å². The molecule has 0 radical (unpaired) electrons. The average Bonchev–Trinajstić information content (AvgIpc) is 3.18. The zero-order chi connectivity index (χ0) is 21.7. The van der Waals surface area contributed by atoms with Crippen molar-refractivity contribution < 1.29 is 9.59 Å². The van der Waals surface area contributed by atoms with Gasteiger partial charge in [0.1, 0.15) is 0 Å². The number of carbonyl (C=O) groups excluding carboxylic acids is 2. The van der Waals surface area contributed by atoms with Crippen molar-refractivity contribution in [1.29, 1.82) is 0 Å². The first-order valence-electron chi connectivity index (χ1n) is 12.2. The summed E-state index contributed by atoms with van der Waals surface area (Å²) in [5, 5.41) is 3.24. The molecule has 2 amide bonds. The van der Waals surface area contributed by atoms with Crippen LogP contribution < -0.4 is 5.32 Å². The first-order chi connectivity index (χ1) is 15.1. The van der Waals surface area contributed by atoms with E-state index in [-0.39, 0.29) is 23.1 Å². The molecule has 3 fully saturated rings. The summed E-state index contributed by atoms with van der Waals surface area (Å²) in [4.78, 5) is 33.2. The van der Waals surface area contributed by atoms with Crippen LogP contribution in [0.15, 0.2) is 30.3 Å². The molecule has 31 heavy (non-hydrogen) atoms. The molecule has 1 aliphatic carbocycles. The first-order valence-corrected chi connectivity index (χ1v) is 12.2. The molecule has 2 heterocycles. The Kier molecular flexibility index (Phi) is 7.28. The minimum absolute atomic E-state index is 0.0421. The van der Waals surface area contributed by atoms with E-state index in [2.05, 4.69) is 22.0 Å². The number of hydrogen-bond donors (Lipinski definition) is 1. The Morgan fingerprint density at radius 3 is 2.35 bits per heavy atom. The fourth-order valence-corrected chi connectivity index (χ4v) is 5.80. The van der Waals surface area contributed by atoms with Gasteiger partial charge in [0.2, 0.25) is 5.91 Å². The smallest absolute Gasteiger partial charge is 0.253 e. The lowest BCUT2D eigenvalue weighted by Gasteiger charge is -2.37. The van der Waals surface area contributed by atoms with Gasteiger partial charge in [0.25, 0.3) is 5.91 Å². The lowest BCUT2D eigenvalue weighted by atomic mass is 9.67. The Bertz CT molecular complexity index is 739. The summed E-state index contributed by atoms with van der Waals surface area (Å²) >= 11 is 0. The van der Waals surface area contributed by atoms with Gasteiger partial charge in [-0.05, 0) is 31.5 Å². The molecular formula is C25H38N4O2. The highest BCUT2D eigenvalue weighted by Gasteiger charge is 2.51. The maximum atomic E-state index is 13.3. The normalized spacial score (nSPS) is 24.4. The summed E-state index contributed by atoms with van der Waals surface area (Å²) in [7, 11) is 0. The van der Waals surface area contributed by atoms with Gasteiger partial charge in [0.15, 0.2) is 0 Å². The van der Waals surface area contributed by atoms with Crippen LogP contribution in [0.1, 0.15) is 49.4 Å². The topological polar surface area (TPSA) is 55.9 Å². The predicted molar refractivity (Wildman–Crippen MR) is 123 cm³/mol. The van der Waals surface area contributed by atoms with E-state index in [9.17, 15) is 9.59 Å². The largest absolute Gasteiger partial charge is 0.354 e. The van der Waals surface area contributed by atoms with Crippen LogP contribution in [0.3, 0.4) is 0 Å². The molecule has 1 atom stereocenters. The van der Waals surface area contributed by atoms with Crippen LogP contribution in [0.25, 0.3) is 0 Å². The second-order valence-corrected chi connectivity index (χ2v) is 9.59. The molecular weight excluding hydrogens is 388 g/mol. The van der Waals surface area contributed by atoms with Gasteiger partial charge < -0.3 is 15.1 Å². The highest BCUT2D eigenvalue weighted by Crippen LogP contribution is 2.47. The summed E-state index contributed by atoms with van der Waals surface area (Å²) in [5.74, 6) is 0.129. The minimum Gasteiger partial charge on any atom is -0.354 e. The third-order valence-electron chi connectivity index (χ3n) is 7.76. The van der Waals surface area contributed by atoms with Crippen molar-refractivity contribution in [2.75, 3.05) is 58.9 Å². The van der Waals surface area contributed by atoms with E-state index < -0.39 is 0 Å². The van der Waals surface area contributed by atoms with Crippen molar-refractivity contribution in [2.24, 2.45) is 11.3 Å². The van der Waals surface area contributed by atoms with E-state index in [1.165, 1.54) is 19.3 Å². The quantitative estimate of drug-likeness (QED) is 0.759. The summed E-state index contributed by atoms with van der Waals surface area (Å²) in [6.07, 6.45) is 5.69. The maximum absolute atomic E-state index is 13.3. The van der Waals surface area contributed by atoms with E-state index in [0.29, 0.717) is 13.1 Å². The highest BCUT2D eigenvalue weighted by atomic mass is 16.2. The maximum Gasteiger partial charge on any atom is 0.253 e. The molecule has 0 aromatic heterocycles. The molecule has 1 saturated carbocycles. The number of likely N-dealkylation sites (tertiary alicyclic amines) is 1. The van der Waals surface area contributed by atoms with Gasteiger partial charge in [-0.1, -0.05) is 44.4 Å². The van der Waals surface area contributed by atoms with Gasteiger partial charge in [0, 0.05) is 63.3 Å². The van der Waals surface area contributed by atoms with Gasteiger partial charge in [-0.2, -0.15) is 0 Å². The van der Waals surface area contributed by atoms with E-state index in [0.717, 1.165) is 64.2 Å². The van der Waals surface area contributed by atoms with Gasteiger partial charge >= 0.3 is 0 Å². The number of benzene rings is 1. The fraction of sp³-hybridized carbons (Fsp3) is 0.680. The molecule has 170 valence electrons. The van der Waals surface area contributed by atoms with Crippen LogP contribution in [-0.4, -0.2) is 85.4 Å². The third-order valence-corrected chi connectivity index (χ3v) is 7.76. The van der Waals surface area contributed by atoms with E-state index in [4.69, 9.17) is 0 Å². The molecule has 1 aromatic carbocycles. The fourth-order valence-electron chi connectivity index (χ4n) is 5.80. The Balaban J connectivity index is 1.35. The second kappa shape index (κ2) is 10.1. The summed E-state index contributed by atoms with van der Waals surface area (Å²) in [6.45, 7) is 10.6. The van der Waals surface area contributed by atoms with Crippen LogP contribution in [0.2, 0.25) is 0 Å². The molecule has 4 rings (SSSR count). The lowest BCUT2D eigenvalue weighted by molar-refractivity contribution is -0.128. The summed E-state index contributed by atoms with van der Waals surface area (Å²) < 4.78 is 0. The molecule has 6 heteroatoms. The molecule has 6 nitrogen and oxygen atoms in total.